The number of aliphatic carboxylic acids is 1. The molecule has 0 aliphatic carbocycles. The largest absolute Gasteiger partial charge is 0.490 e. The van der Waals surface area contributed by atoms with Crippen molar-refractivity contribution in [1.82, 2.24) is 14.9 Å². The van der Waals surface area contributed by atoms with Gasteiger partial charge in [0.1, 0.15) is 24.5 Å². The number of hydrogen-bond donors (Lipinski definition) is 2. The van der Waals surface area contributed by atoms with Gasteiger partial charge in [-0.15, -0.1) is 11.3 Å². The van der Waals surface area contributed by atoms with Crippen LogP contribution in [0, 0.1) is 17.8 Å². The summed E-state index contributed by atoms with van der Waals surface area (Å²) in [6, 6.07) is 17.0. The molecule has 1 fully saturated rings. The summed E-state index contributed by atoms with van der Waals surface area (Å²) in [4.78, 5) is 20.9. The molecule has 13 heteroatoms. The maximum Gasteiger partial charge on any atom is 0.490 e. The van der Waals surface area contributed by atoms with Crippen molar-refractivity contribution < 1.29 is 32.2 Å². The van der Waals surface area contributed by atoms with E-state index in [0.29, 0.717) is 16.6 Å². The molecule has 0 spiro atoms. The summed E-state index contributed by atoms with van der Waals surface area (Å²) in [6.07, 6.45) is 0.156. The maximum absolute atomic E-state index is 13.4. The minimum atomic E-state index is -5.08. The number of nitrogens with zero attached hydrogens (tertiary/aromatic N) is 3. The first-order chi connectivity index (χ1) is 19.6. The fraction of sp³-hybridized carbons (Fsp3) is 0.250. The number of aromatic nitrogens is 2. The zero-order valence-corrected chi connectivity index (χ0v) is 22.9. The van der Waals surface area contributed by atoms with Gasteiger partial charge in [-0.3, -0.25) is 0 Å². The quantitative estimate of drug-likeness (QED) is 0.183. The van der Waals surface area contributed by atoms with Crippen molar-refractivity contribution in [3.05, 3.63) is 76.1 Å². The fourth-order valence-corrected chi connectivity index (χ4v) is 4.90. The average Bonchev–Trinajstić information content (AvgIpc) is 3.36. The van der Waals surface area contributed by atoms with E-state index in [4.69, 9.17) is 26.2 Å². The number of alkyl halides is 3. The van der Waals surface area contributed by atoms with Crippen LogP contribution in [0.2, 0.25) is 5.02 Å². The lowest BCUT2D eigenvalue weighted by atomic mass is 10.1. The van der Waals surface area contributed by atoms with Crippen molar-refractivity contribution in [3.63, 3.8) is 0 Å². The number of nitrogens with one attached hydrogen (secondary N) is 1. The van der Waals surface area contributed by atoms with E-state index in [2.05, 4.69) is 32.1 Å². The van der Waals surface area contributed by atoms with E-state index in [-0.39, 0.29) is 12.4 Å². The number of hydrogen-bond acceptors (Lipinski definition) is 7. The summed E-state index contributed by atoms with van der Waals surface area (Å²) < 4.78 is 51.8. The lowest BCUT2D eigenvalue weighted by Crippen LogP contribution is -2.24. The van der Waals surface area contributed by atoms with Crippen LogP contribution in [-0.2, 0) is 11.4 Å². The van der Waals surface area contributed by atoms with E-state index in [1.165, 1.54) is 37.7 Å². The zero-order valence-electron chi connectivity index (χ0n) is 21.3. The van der Waals surface area contributed by atoms with Crippen LogP contribution >= 0.6 is 22.9 Å². The highest BCUT2D eigenvalue weighted by Gasteiger charge is 2.38. The Labute approximate surface area is 241 Å². The first-order valence-electron chi connectivity index (χ1n) is 12.3. The van der Waals surface area contributed by atoms with Gasteiger partial charge in [0.25, 0.3) is 0 Å². The first-order valence-corrected chi connectivity index (χ1v) is 13.5. The highest BCUT2D eigenvalue weighted by atomic mass is 35.5. The Hall–Kier alpha value is -4.08. The molecule has 1 saturated heterocycles. The van der Waals surface area contributed by atoms with E-state index >= 15 is 0 Å². The van der Waals surface area contributed by atoms with Crippen molar-refractivity contribution in [2.75, 3.05) is 18.4 Å². The van der Waals surface area contributed by atoms with E-state index in [1.807, 2.05) is 12.1 Å². The average molecular weight is 607 g/mol. The van der Waals surface area contributed by atoms with E-state index in [1.54, 1.807) is 35.6 Å². The Kier molecular flexibility index (Phi) is 9.86. The number of rotatable bonds is 5. The Morgan fingerprint density at radius 1 is 1.12 bits per heavy atom. The molecule has 0 bridgehead atoms. The SMILES string of the molecule is Fc1cccc(COc2ccc(Nc3ncnc4cc(C#CN5CCCCC5)sc34)cc2Cl)c1.O=C(O)C(F)(F)F. The molecule has 2 N–H and O–H groups in total. The van der Waals surface area contributed by atoms with Crippen molar-refractivity contribution in [3.8, 4) is 17.7 Å². The van der Waals surface area contributed by atoms with Crippen LogP contribution in [0.5, 0.6) is 5.75 Å². The number of carboxylic acids is 1. The summed E-state index contributed by atoms with van der Waals surface area (Å²) in [5.41, 5.74) is 2.36. The van der Waals surface area contributed by atoms with E-state index in [0.717, 1.165) is 39.4 Å². The Bertz CT molecular complexity index is 1580. The number of ether oxygens (including phenoxy) is 1. The van der Waals surface area contributed by atoms with Gasteiger partial charge in [-0.1, -0.05) is 23.7 Å². The highest BCUT2D eigenvalue weighted by molar-refractivity contribution is 7.20. The number of benzene rings is 2. The van der Waals surface area contributed by atoms with Crippen LogP contribution in [-0.4, -0.2) is 45.2 Å². The van der Waals surface area contributed by atoms with Crippen LogP contribution in [0.15, 0.2) is 54.9 Å². The predicted molar refractivity (Wildman–Crippen MR) is 149 cm³/mol. The molecule has 0 atom stereocenters. The molecule has 2 aromatic heterocycles. The molecule has 41 heavy (non-hydrogen) atoms. The topological polar surface area (TPSA) is 87.6 Å². The van der Waals surface area contributed by atoms with Crippen LogP contribution < -0.4 is 10.1 Å². The lowest BCUT2D eigenvalue weighted by Gasteiger charge is -2.21. The maximum atomic E-state index is 13.4. The molecule has 0 amide bonds. The standard InChI is InChI=1S/C26H22ClFN4OS.C2HF3O2/c27-22-14-20(7-8-24(22)33-16-18-5-4-6-19(28)13-18)31-26-25-23(29-17-30-26)15-21(34-25)9-12-32-10-2-1-3-11-32;3-2(4,5)1(6)7/h4-8,13-15,17H,1-3,10-11,16H2,(H,29,30,31);(H,6,7). The summed E-state index contributed by atoms with van der Waals surface area (Å²) in [7, 11) is 0. The first kappa shape index (κ1) is 29.9. The zero-order chi connectivity index (χ0) is 29.4. The van der Waals surface area contributed by atoms with Crippen LogP contribution in [0.1, 0.15) is 29.7 Å². The van der Waals surface area contributed by atoms with Gasteiger partial charge in [0.15, 0.2) is 5.82 Å². The van der Waals surface area contributed by atoms with Crippen molar-refractivity contribution in [2.24, 2.45) is 0 Å². The molecule has 0 saturated carbocycles. The van der Waals surface area contributed by atoms with Gasteiger partial charge < -0.3 is 20.1 Å². The minimum Gasteiger partial charge on any atom is -0.487 e. The second-order valence-corrected chi connectivity index (χ2v) is 10.3. The lowest BCUT2D eigenvalue weighted by molar-refractivity contribution is -0.192. The third-order valence-electron chi connectivity index (χ3n) is 5.72. The Morgan fingerprint density at radius 2 is 1.88 bits per heavy atom. The van der Waals surface area contributed by atoms with Crippen LogP contribution in [0.3, 0.4) is 0 Å². The number of carboxylic acid groups (broad SMARTS) is 1. The van der Waals surface area contributed by atoms with E-state index in [9.17, 15) is 17.6 Å². The molecule has 1 aliphatic rings. The smallest absolute Gasteiger partial charge is 0.487 e. The third kappa shape index (κ3) is 8.70. The van der Waals surface area contributed by atoms with Crippen molar-refractivity contribution in [2.45, 2.75) is 32.0 Å². The monoisotopic (exact) mass is 606 g/mol. The van der Waals surface area contributed by atoms with Gasteiger partial charge in [-0.25, -0.2) is 19.2 Å². The number of anilines is 2. The number of likely N-dealkylation sites (tertiary alicyclic amines) is 1. The molecular weight excluding hydrogens is 584 g/mol. The van der Waals surface area contributed by atoms with Gasteiger partial charge in [-0.05, 0) is 67.1 Å². The van der Waals surface area contributed by atoms with Gasteiger partial charge in [0, 0.05) is 24.8 Å². The molecule has 7 nitrogen and oxygen atoms in total. The highest BCUT2D eigenvalue weighted by Crippen LogP contribution is 2.33. The summed E-state index contributed by atoms with van der Waals surface area (Å²) in [6.45, 7) is 2.30. The van der Waals surface area contributed by atoms with Gasteiger partial charge >= 0.3 is 12.1 Å². The van der Waals surface area contributed by atoms with Crippen molar-refractivity contribution >= 4 is 50.6 Å². The molecule has 0 unspecified atom stereocenters. The second-order valence-electron chi connectivity index (χ2n) is 8.82. The molecular formula is C28H23ClF4N4O3S. The van der Waals surface area contributed by atoms with E-state index < -0.39 is 12.1 Å². The number of fused-ring (bicyclic) bond motifs is 1. The number of halogens is 5. The van der Waals surface area contributed by atoms with Gasteiger partial charge in [0.2, 0.25) is 0 Å². The van der Waals surface area contributed by atoms with Crippen molar-refractivity contribution in [1.29, 1.82) is 0 Å². The number of piperidine rings is 1. The summed E-state index contributed by atoms with van der Waals surface area (Å²) >= 11 is 8.01. The molecule has 214 valence electrons. The summed E-state index contributed by atoms with van der Waals surface area (Å²) in [5.74, 6) is 1.45. The van der Waals surface area contributed by atoms with Gasteiger partial charge in [0.05, 0.1) is 20.1 Å². The molecule has 5 rings (SSSR count). The van der Waals surface area contributed by atoms with Crippen LogP contribution in [0.4, 0.5) is 29.1 Å². The molecule has 4 aromatic rings. The minimum absolute atomic E-state index is 0.229. The fourth-order valence-electron chi connectivity index (χ4n) is 3.77. The predicted octanol–water partition coefficient (Wildman–Crippen LogP) is 7.23. The molecule has 3 heterocycles. The second kappa shape index (κ2) is 13.5. The third-order valence-corrected chi connectivity index (χ3v) is 7.07. The number of carbonyl (C=O) groups is 1. The normalized spacial score (nSPS) is 13.0. The molecule has 1 aliphatic heterocycles. The Balaban J connectivity index is 0.000000493. The van der Waals surface area contributed by atoms with Gasteiger partial charge in [-0.2, -0.15) is 13.2 Å². The number of thiophene rings is 1. The molecule has 0 radical (unpaired) electrons. The molecule has 2 aromatic carbocycles. The Morgan fingerprint density at radius 3 is 2.56 bits per heavy atom. The van der Waals surface area contributed by atoms with Crippen LogP contribution in [0.25, 0.3) is 10.2 Å². The summed E-state index contributed by atoms with van der Waals surface area (Å²) in [5, 5.41) is 10.9.